The molecule has 0 aliphatic carbocycles. The normalized spacial score (nSPS) is 16.8. The fourth-order valence-electron chi connectivity index (χ4n) is 8.82. The predicted octanol–water partition coefficient (Wildman–Crippen LogP) is 4.97. The minimum atomic E-state index is -0.785. The van der Waals surface area contributed by atoms with Crippen molar-refractivity contribution < 1.29 is 78.0 Å². The van der Waals surface area contributed by atoms with Crippen LogP contribution in [-0.2, 0) is 57.5 Å². The molecular weight excluding hydrogens is 1080 g/mol. The van der Waals surface area contributed by atoms with Crippen LogP contribution in [0, 0.1) is 0 Å². The number of allylic oxidation sites excluding steroid dienone is 4. The summed E-state index contributed by atoms with van der Waals surface area (Å²) in [6, 6.07) is 0. The monoisotopic (exact) mass is 1160 g/mol. The first kappa shape index (κ1) is 78.0. The molecule has 8 amide bonds. The third-order valence-corrected chi connectivity index (χ3v) is 13.0. The smallest absolute Gasteiger partial charge is 0.870 e. The Morgan fingerprint density at radius 3 is 0.622 bits per heavy atom. The van der Waals surface area contributed by atoms with Gasteiger partial charge in [-0.1, -0.05) is 152 Å². The van der Waals surface area contributed by atoms with Gasteiger partial charge in [0.2, 0.25) is 23.6 Å². The molecule has 0 unspecified atom stereocenters. The molecule has 0 atom stereocenters. The zero-order chi connectivity index (χ0) is 61.1. The largest absolute Gasteiger partial charge is 2.00 e. The molecule has 0 radical (unpaired) electrons. The number of carbonyl (C=O) groups is 12. The number of amides is 8. The summed E-state index contributed by atoms with van der Waals surface area (Å²) in [6.45, 7) is 19.2. The van der Waals surface area contributed by atoms with E-state index in [1.165, 1.54) is 52.0 Å². The number of carbonyl (C=O) groups excluding carboxylic acids is 12. The number of ketones is 4. The summed E-state index contributed by atoms with van der Waals surface area (Å²) in [7, 11) is 0. The molecule has 0 saturated carbocycles. The van der Waals surface area contributed by atoms with Crippen LogP contribution in [0.3, 0.4) is 0 Å². The molecule has 4 rings (SSSR count). The van der Waals surface area contributed by atoms with Crippen molar-refractivity contribution in [3.63, 3.8) is 0 Å². The van der Waals surface area contributed by atoms with E-state index in [0.717, 1.165) is 96.6 Å². The van der Waals surface area contributed by atoms with Gasteiger partial charge in [-0.2, -0.15) is 0 Å². The number of imide groups is 4. The van der Waals surface area contributed by atoms with Crippen molar-refractivity contribution in [3.05, 3.63) is 92.4 Å². The molecule has 0 fully saturated rings. The molecule has 82 heavy (non-hydrogen) atoms. The number of hydrogen-bond donors (Lipinski definition) is 0. The quantitative estimate of drug-likeness (QED) is 0.0700. The standard InChI is InChI=1S/2C16H23NO4.2C14H19NO4.2Mg/c2*1-4-6-7-8-9-10-13(19)14-15(20)12(5-2)17(11(3)18)16(14)21;2*1-4-6-7-8-11(17)12-13(18)10(5-2)15(9(3)16)14(12)19;;/h2*5,20H,4,6-10H2,1-3H3;2*5,18H,4,6-8H2,1-3H3;;/q;;;;2*+2/p-4/b2*12-5+;2*10-5+;;. The van der Waals surface area contributed by atoms with E-state index >= 15 is 0 Å². The average Bonchev–Trinajstić information content (AvgIpc) is 4.02. The van der Waals surface area contributed by atoms with E-state index in [4.69, 9.17) is 0 Å². The van der Waals surface area contributed by atoms with Crippen molar-refractivity contribution in [2.75, 3.05) is 0 Å². The van der Waals surface area contributed by atoms with Crippen LogP contribution in [0.1, 0.15) is 212 Å². The molecule has 20 nitrogen and oxygen atoms in total. The molecule has 0 aromatic heterocycles. The first-order valence-corrected chi connectivity index (χ1v) is 27.7. The number of unbranched alkanes of at least 4 members (excludes halogenated alkanes) is 12. The molecule has 0 spiro atoms. The van der Waals surface area contributed by atoms with Crippen molar-refractivity contribution in [2.45, 2.75) is 212 Å². The van der Waals surface area contributed by atoms with E-state index in [-0.39, 0.29) is 117 Å². The zero-order valence-electron chi connectivity index (χ0n) is 50.2. The van der Waals surface area contributed by atoms with Gasteiger partial charge in [0.15, 0.2) is 23.1 Å². The van der Waals surface area contributed by atoms with Crippen LogP contribution in [-0.4, -0.2) is 136 Å². The Morgan fingerprint density at radius 2 is 0.476 bits per heavy atom. The zero-order valence-corrected chi connectivity index (χ0v) is 53.0. The molecule has 440 valence electrons. The molecule has 4 aliphatic heterocycles. The minimum absolute atomic E-state index is 0. The van der Waals surface area contributed by atoms with Gasteiger partial charge >= 0.3 is 46.1 Å². The topological polar surface area (TPSA) is 310 Å². The van der Waals surface area contributed by atoms with Crippen LogP contribution in [0.2, 0.25) is 0 Å². The summed E-state index contributed by atoms with van der Waals surface area (Å²) >= 11 is 0. The molecular formula is C60H80Mg2N4O16. The summed E-state index contributed by atoms with van der Waals surface area (Å²) in [4.78, 5) is 145. The van der Waals surface area contributed by atoms with Gasteiger partial charge in [0, 0.05) is 76.2 Å². The van der Waals surface area contributed by atoms with Gasteiger partial charge in [0.05, 0.1) is 22.3 Å². The Hall–Kier alpha value is -6.11. The van der Waals surface area contributed by atoms with E-state index < -0.39 is 93.4 Å². The third kappa shape index (κ3) is 20.6. The van der Waals surface area contributed by atoms with E-state index in [9.17, 15) is 78.0 Å². The van der Waals surface area contributed by atoms with Crippen LogP contribution in [0.5, 0.6) is 0 Å². The SMILES string of the molecule is C/C=C1\C([O-])=C(C(=O)CCCCC)C(=O)N1C(C)=O.C/C=C1\C([O-])=C(C(=O)CCCCC)C(=O)N1C(C)=O.C/C=C1\C([O-])=C(C(=O)CCCCCCC)C(=O)N1C(C)=O.C/C=C1\C([O-])=C(C(=O)CCCCCCC)C(=O)N1C(C)=O.[Mg+2].[Mg+2]. The minimum Gasteiger partial charge on any atom is -0.870 e. The Balaban J connectivity index is 0. The first-order chi connectivity index (χ1) is 37.8. The van der Waals surface area contributed by atoms with Crippen LogP contribution >= 0.6 is 0 Å². The van der Waals surface area contributed by atoms with E-state index in [1.54, 1.807) is 27.7 Å². The molecule has 0 aromatic rings. The number of nitrogens with zero attached hydrogens (tertiary/aromatic N) is 4. The Labute approximate surface area is 514 Å². The summed E-state index contributed by atoms with van der Waals surface area (Å²) in [6.07, 6.45) is 20.8. The summed E-state index contributed by atoms with van der Waals surface area (Å²) in [5, 5.41) is 48.2. The second-order valence-corrected chi connectivity index (χ2v) is 19.1. The second kappa shape index (κ2) is 39.4. The van der Waals surface area contributed by atoms with Gasteiger partial charge in [-0.05, 0) is 53.4 Å². The van der Waals surface area contributed by atoms with Crippen molar-refractivity contribution >= 4 is 116 Å². The number of Topliss-reactive ketones (excluding diaryl/α,β-unsaturated/α-hetero) is 4. The predicted molar refractivity (Wildman–Crippen MR) is 300 cm³/mol. The molecule has 0 saturated heterocycles. The molecule has 0 bridgehead atoms. The number of rotatable bonds is 24. The van der Waals surface area contributed by atoms with E-state index in [2.05, 4.69) is 13.8 Å². The van der Waals surface area contributed by atoms with Crippen LogP contribution in [0.15, 0.2) is 92.4 Å². The Morgan fingerprint density at radius 1 is 0.317 bits per heavy atom. The molecule has 0 N–H and O–H groups in total. The Kier molecular flexibility index (Phi) is 37.4. The third-order valence-electron chi connectivity index (χ3n) is 13.0. The van der Waals surface area contributed by atoms with Gasteiger partial charge in [-0.15, -0.1) is 0 Å². The van der Waals surface area contributed by atoms with Crippen LogP contribution < -0.4 is 20.4 Å². The fourth-order valence-corrected chi connectivity index (χ4v) is 8.82. The maximum absolute atomic E-state index is 12.1. The summed E-state index contributed by atoms with van der Waals surface area (Å²) in [5.41, 5.74) is -1.54. The molecule has 0 aromatic carbocycles. The van der Waals surface area contributed by atoms with Gasteiger partial charge in [0.25, 0.3) is 23.6 Å². The van der Waals surface area contributed by atoms with Gasteiger partial charge in [-0.3, -0.25) is 57.5 Å². The molecule has 22 heteroatoms. The van der Waals surface area contributed by atoms with E-state index in [1.807, 2.05) is 13.8 Å². The Bertz CT molecular complexity index is 2510. The average molecular weight is 1160 g/mol. The maximum Gasteiger partial charge on any atom is 2.00 e. The number of hydrogen-bond acceptors (Lipinski definition) is 16. The molecule has 4 heterocycles. The van der Waals surface area contributed by atoms with Gasteiger partial charge in [0.1, 0.15) is 0 Å². The van der Waals surface area contributed by atoms with Crippen molar-refractivity contribution in [1.29, 1.82) is 0 Å². The van der Waals surface area contributed by atoms with Gasteiger partial charge in [-0.25, -0.2) is 19.6 Å². The van der Waals surface area contributed by atoms with Crippen LogP contribution in [0.4, 0.5) is 0 Å². The first-order valence-electron chi connectivity index (χ1n) is 27.7. The van der Waals surface area contributed by atoms with E-state index in [0.29, 0.717) is 25.7 Å². The van der Waals surface area contributed by atoms with Gasteiger partial charge < -0.3 is 20.4 Å². The van der Waals surface area contributed by atoms with Crippen molar-refractivity contribution in [1.82, 2.24) is 19.6 Å². The maximum atomic E-state index is 12.1. The van der Waals surface area contributed by atoms with Crippen LogP contribution in [0.25, 0.3) is 0 Å². The second-order valence-electron chi connectivity index (χ2n) is 19.1. The summed E-state index contributed by atoms with van der Waals surface area (Å²) < 4.78 is 0. The summed E-state index contributed by atoms with van der Waals surface area (Å²) in [5.74, 6) is -9.70. The molecule has 4 aliphatic rings. The van der Waals surface area contributed by atoms with Crippen molar-refractivity contribution in [2.24, 2.45) is 0 Å². The fraction of sp³-hybridized carbons (Fsp3) is 0.533. The van der Waals surface area contributed by atoms with Crippen molar-refractivity contribution in [3.8, 4) is 0 Å².